The van der Waals surface area contributed by atoms with Crippen LogP contribution < -0.4 is 11.1 Å². The van der Waals surface area contributed by atoms with Gasteiger partial charge in [-0.1, -0.05) is 39.7 Å². The van der Waals surface area contributed by atoms with Crippen LogP contribution in [0, 0.1) is 0 Å². The van der Waals surface area contributed by atoms with E-state index in [-0.39, 0.29) is 0 Å². The molecule has 3 N–H and O–H groups in total. The highest BCUT2D eigenvalue weighted by atomic mass is 79.9. The first-order chi connectivity index (χ1) is 9.06. The molecule has 3 nitrogen and oxygen atoms in total. The zero-order valence-corrected chi connectivity index (χ0v) is 12.3. The number of halogens is 2. The van der Waals surface area contributed by atoms with Crippen molar-refractivity contribution >= 4 is 39.1 Å². The summed E-state index contributed by atoms with van der Waals surface area (Å²) in [6.07, 6.45) is 0. The van der Waals surface area contributed by atoms with Crippen LogP contribution in [0.3, 0.4) is 0 Å². The Kier molecular flexibility index (Phi) is 4.45. The molecule has 0 saturated heterocycles. The molecule has 2 rings (SSSR count). The number of hydrogen-bond acceptors (Lipinski definition) is 2. The second-order valence-corrected chi connectivity index (χ2v) is 5.36. The lowest BCUT2D eigenvalue weighted by Crippen LogP contribution is -2.12. The van der Waals surface area contributed by atoms with Crippen molar-refractivity contribution < 1.29 is 4.79 Å². The lowest BCUT2D eigenvalue weighted by atomic mass is 10.1. The van der Waals surface area contributed by atoms with Crippen molar-refractivity contribution in [1.82, 2.24) is 0 Å². The Morgan fingerprint density at radius 1 is 1.21 bits per heavy atom. The van der Waals surface area contributed by atoms with E-state index >= 15 is 0 Å². The number of anilines is 1. The van der Waals surface area contributed by atoms with Gasteiger partial charge in [0.15, 0.2) is 0 Å². The van der Waals surface area contributed by atoms with Crippen LogP contribution in [0.5, 0.6) is 0 Å². The molecule has 0 aliphatic carbocycles. The Morgan fingerprint density at radius 2 is 1.89 bits per heavy atom. The highest BCUT2D eigenvalue weighted by molar-refractivity contribution is 9.10. The molecular weight excluding hydrogens is 328 g/mol. The Bertz CT molecular complexity index is 599. The molecule has 0 bridgehead atoms. The lowest BCUT2D eigenvalue weighted by molar-refractivity contribution is 0.100. The fourth-order valence-electron chi connectivity index (χ4n) is 1.63. The van der Waals surface area contributed by atoms with E-state index in [0.717, 1.165) is 15.7 Å². The van der Waals surface area contributed by atoms with Crippen LogP contribution in [0.2, 0.25) is 5.02 Å². The van der Waals surface area contributed by atoms with E-state index in [9.17, 15) is 4.79 Å². The minimum Gasteiger partial charge on any atom is -0.381 e. The van der Waals surface area contributed by atoms with Crippen LogP contribution in [0.25, 0.3) is 0 Å². The SMILES string of the molecule is NC(=O)c1cc(NCc2ccc(Br)cc2)ccc1Cl. The van der Waals surface area contributed by atoms with Gasteiger partial charge in [-0.3, -0.25) is 4.79 Å². The van der Waals surface area contributed by atoms with Gasteiger partial charge in [-0.05, 0) is 35.9 Å². The van der Waals surface area contributed by atoms with Crippen molar-refractivity contribution in [3.05, 3.63) is 63.1 Å². The van der Waals surface area contributed by atoms with Gasteiger partial charge in [-0.15, -0.1) is 0 Å². The Balaban J connectivity index is 2.09. The maximum atomic E-state index is 11.2. The third-order valence-corrected chi connectivity index (χ3v) is 3.50. The predicted octanol–water partition coefficient (Wildman–Crippen LogP) is 3.81. The van der Waals surface area contributed by atoms with Gasteiger partial charge in [0.05, 0.1) is 10.6 Å². The van der Waals surface area contributed by atoms with Crippen LogP contribution in [0.1, 0.15) is 15.9 Å². The van der Waals surface area contributed by atoms with E-state index in [2.05, 4.69) is 21.2 Å². The molecule has 0 aliphatic heterocycles. The van der Waals surface area contributed by atoms with Crippen LogP contribution in [-0.2, 0) is 6.54 Å². The van der Waals surface area contributed by atoms with Crippen LogP contribution in [-0.4, -0.2) is 5.91 Å². The smallest absolute Gasteiger partial charge is 0.250 e. The maximum absolute atomic E-state index is 11.2. The van der Waals surface area contributed by atoms with Gasteiger partial charge in [0.2, 0.25) is 5.91 Å². The molecule has 0 atom stereocenters. The van der Waals surface area contributed by atoms with Crippen molar-refractivity contribution in [3.8, 4) is 0 Å². The van der Waals surface area contributed by atoms with Gasteiger partial charge in [-0.2, -0.15) is 0 Å². The highest BCUT2D eigenvalue weighted by Gasteiger charge is 2.07. The second-order valence-electron chi connectivity index (χ2n) is 4.04. The van der Waals surface area contributed by atoms with Gasteiger partial charge < -0.3 is 11.1 Å². The number of amides is 1. The summed E-state index contributed by atoms with van der Waals surface area (Å²) in [5.74, 6) is -0.530. The van der Waals surface area contributed by atoms with Crippen molar-refractivity contribution in [2.45, 2.75) is 6.54 Å². The first-order valence-corrected chi connectivity index (χ1v) is 6.81. The molecule has 98 valence electrons. The fourth-order valence-corrected chi connectivity index (χ4v) is 2.11. The van der Waals surface area contributed by atoms with E-state index in [1.165, 1.54) is 0 Å². The zero-order chi connectivity index (χ0) is 13.8. The number of carbonyl (C=O) groups excluding carboxylic acids is 1. The summed E-state index contributed by atoms with van der Waals surface area (Å²) in [6, 6.07) is 13.1. The summed E-state index contributed by atoms with van der Waals surface area (Å²) >= 11 is 9.28. The molecule has 0 unspecified atom stereocenters. The maximum Gasteiger partial charge on any atom is 0.250 e. The fraction of sp³-hybridized carbons (Fsp3) is 0.0714. The number of nitrogens with two attached hydrogens (primary N) is 1. The van der Waals surface area contributed by atoms with E-state index in [1.54, 1.807) is 12.1 Å². The molecule has 0 aromatic heterocycles. The van der Waals surface area contributed by atoms with Gasteiger partial charge in [0.1, 0.15) is 0 Å². The number of benzene rings is 2. The van der Waals surface area contributed by atoms with Crippen molar-refractivity contribution in [1.29, 1.82) is 0 Å². The lowest BCUT2D eigenvalue weighted by Gasteiger charge is -2.08. The summed E-state index contributed by atoms with van der Waals surface area (Å²) in [5, 5.41) is 3.58. The predicted molar refractivity (Wildman–Crippen MR) is 81.4 cm³/mol. The second kappa shape index (κ2) is 6.08. The number of carbonyl (C=O) groups is 1. The molecule has 1 amide bonds. The highest BCUT2D eigenvalue weighted by Crippen LogP contribution is 2.21. The summed E-state index contributed by atoms with van der Waals surface area (Å²) in [5.41, 5.74) is 7.52. The number of nitrogens with one attached hydrogen (secondary N) is 1. The molecule has 0 fully saturated rings. The van der Waals surface area contributed by atoms with Crippen molar-refractivity contribution in [2.24, 2.45) is 5.73 Å². The molecule has 2 aromatic rings. The van der Waals surface area contributed by atoms with Crippen LogP contribution >= 0.6 is 27.5 Å². The number of primary amides is 1. The van der Waals surface area contributed by atoms with E-state index in [1.807, 2.05) is 30.3 Å². The Hall–Kier alpha value is -1.52. The summed E-state index contributed by atoms with van der Waals surface area (Å²) < 4.78 is 1.04. The average molecular weight is 340 g/mol. The largest absolute Gasteiger partial charge is 0.381 e. The molecule has 0 heterocycles. The van der Waals surface area contributed by atoms with E-state index < -0.39 is 5.91 Å². The molecule has 0 spiro atoms. The standard InChI is InChI=1S/C14H12BrClN2O/c15-10-3-1-9(2-4-10)8-18-11-5-6-13(16)12(7-11)14(17)19/h1-7,18H,8H2,(H2,17,19). The minimum absolute atomic E-state index is 0.322. The summed E-state index contributed by atoms with van der Waals surface area (Å²) in [4.78, 5) is 11.2. The van der Waals surface area contributed by atoms with Gasteiger partial charge in [0.25, 0.3) is 0 Å². The first-order valence-electron chi connectivity index (χ1n) is 5.64. The molecule has 0 aliphatic rings. The average Bonchev–Trinajstić information content (AvgIpc) is 2.39. The summed E-state index contributed by atoms with van der Waals surface area (Å²) in [6.45, 7) is 0.660. The molecule has 5 heteroatoms. The topological polar surface area (TPSA) is 55.1 Å². The van der Waals surface area contributed by atoms with Crippen LogP contribution in [0.4, 0.5) is 5.69 Å². The Labute approximate surface area is 124 Å². The number of hydrogen-bond donors (Lipinski definition) is 2. The molecule has 19 heavy (non-hydrogen) atoms. The molecule has 0 radical (unpaired) electrons. The monoisotopic (exact) mass is 338 g/mol. The van der Waals surface area contributed by atoms with Gasteiger partial charge >= 0.3 is 0 Å². The van der Waals surface area contributed by atoms with Crippen molar-refractivity contribution in [2.75, 3.05) is 5.32 Å². The summed E-state index contributed by atoms with van der Waals surface area (Å²) in [7, 11) is 0. The third-order valence-electron chi connectivity index (χ3n) is 2.64. The third kappa shape index (κ3) is 3.72. The first kappa shape index (κ1) is 13.9. The van der Waals surface area contributed by atoms with Crippen molar-refractivity contribution in [3.63, 3.8) is 0 Å². The van der Waals surface area contributed by atoms with E-state index in [0.29, 0.717) is 17.1 Å². The van der Waals surface area contributed by atoms with Gasteiger partial charge in [0, 0.05) is 16.7 Å². The molecule has 0 saturated carbocycles. The Morgan fingerprint density at radius 3 is 2.53 bits per heavy atom. The van der Waals surface area contributed by atoms with E-state index in [4.69, 9.17) is 17.3 Å². The number of rotatable bonds is 4. The normalized spacial score (nSPS) is 10.2. The quantitative estimate of drug-likeness (QED) is 0.890. The molecule has 2 aromatic carbocycles. The van der Waals surface area contributed by atoms with Gasteiger partial charge in [-0.25, -0.2) is 0 Å². The molecular formula is C14H12BrClN2O. The van der Waals surface area contributed by atoms with Crippen LogP contribution in [0.15, 0.2) is 46.9 Å². The minimum atomic E-state index is -0.530. The zero-order valence-electron chi connectivity index (χ0n) is 9.99.